The lowest BCUT2D eigenvalue weighted by molar-refractivity contribution is 0.136. The van der Waals surface area contributed by atoms with Crippen LogP contribution >= 0.6 is 11.3 Å². The molecule has 2 N–H and O–H groups in total. The van der Waals surface area contributed by atoms with Crippen molar-refractivity contribution in [1.29, 1.82) is 0 Å². The molecule has 3 heteroatoms. The molecule has 1 fully saturated rings. The van der Waals surface area contributed by atoms with E-state index >= 15 is 0 Å². The van der Waals surface area contributed by atoms with Crippen LogP contribution in [0.2, 0.25) is 0 Å². The van der Waals surface area contributed by atoms with Crippen LogP contribution in [-0.4, -0.2) is 24.5 Å². The van der Waals surface area contributed by atoms with Crippen molar-refractivity contribution in [2.45, 2.75) is 39.2 Å². The molecule has 2 nitrogen and oxygen atoms in total. The fourth-order valence-corrected chi connectivity index (χ4v) is 3.67. The Morgan fingerprint density at radius 3 is 3.00 bits per heavy atom. The van der Waals surface area contributed by atoms with Crippen LogP contribution in [-0.2, 0) is 6.42 Å². The van der Waals surface area contributed by atoms with Crippen LogP contribution in [0.5, 0.6) is 0 Å². The van der Waals surface area contributed by atoms with Crippen molar-refractivity contribution in [3.63, 3.8) is 0 Å². The molecule has 2 unspecified atom stereocenters. The minimum absolute atomic E-state index is 0.564. The van der Waals surface area contributed by atoms with Crippen molar-refractivity contribution in [3.8, 4) is 0 Å². The van der Waals surface area contributed by atoms with Crippen LogP contribution in [0.15, 0.2) is 12.1 Å². The zero-order chi connectivity index (χ0) is 12.3. The molecule has 1 aliphatic heterocycles. The minimum atomic E-state index is 0.564. The summed E-state index contributed by atoms with van der Waals surface area (Å²) in [4.78, 5) is 5.62. The number of nitrogens with two attached hydrogens (primary N) is 1. The van der Waals surface area contributed by atoms with Crippen molar-refractivity contribution in [2.75, 3.05) is 19.6 Å². The van der Waals surface area contributed by atoms with Crippen molar-refractivity contribution in [3.05, 3.63) is 21.9 Å². The Morgan fingerprint density at radius 2 is 2.35 bits per heavy atom. The van der Waals surface area contributed by atoms with E-state index in [2.05, 4.69) is 30.9 Å². The van der Waals surface area contributed by atoms with Gasteiger partial charge in [0.05, 0.1) is 0 Å². The van der Waals surface area contributed by atoms with Gasteiger partial charge in [-0.15, -0.1) is 11.3 Å². The number of piperidine rings is 1. The first kappa shape index (κ1) is 13.1. The average Bonchev–Trinajstić information content (AvgIpc) is 2.86. The third-order valence-electron chi connectivity index (χ3n) is 3.87. The molecule has 0 bridgehead atoms. The number of thiophene rings is 1. The Bertz CT molecular complexity index is 348. The van der Waals surface area contributed by atoms with Crippen LogP contribution in [0, 0.1) is 5.92 Å². The standard InChI is InChI=1S/C14H24N2S/c1-3-13-6-7-14(17-13)11(2)16-8-4-5-12(9-15)10-16/h6-7,11-12H,3-5,8-10,15H2,1-2H3. The summed E-state index contributed by atoms with van der Waals surface area (Å²) in [5, 5.41) is 0. The Hall–Kier alpha value is -0.380. The molecule has 1 saturated heterocycles. The van der Waals surface area contributed by atoms with E-state index in [4.69, 9.17) is 5.73 Å². The molecule has 0 aliphatic carbocycles. The summed E-state index contributed by atoms with van der Waals surface area (Å²) < 4.78 is 0. The van der Waals surface area contributed by atoms with Crippen molar-refractivity contribution >= 4 is 11.3 Å². The molecule has 96 valence electrons. The van der Waals surface area contributed by atoms with Gasteiger partial charge in [0.25, 0.3) is 0 Å². The molecule has 1 aromatic rings. The van der Waals surface area contributed by atoms with E-state index in [1.807, 2.05) is 11.3 Å². The molecule has 2 atom stereocenters. The van der Waals surface area contributed by atoms with E-state index in [0.717, 1.165) is 13.0 Å². The molecule has 1 aliphatic rings. The smallest absolute Gasteiger partial charge is 0.0413 e. The molecule has 0 radical (unpaired) electrons. The van der Waals surface area contributed by atoms with Crippen molar-refractivity contribution in [1.82, 2.24) is 4.90 Å². The van der Waals surface area contributed by atoms with Crippen molar-refractivity contribution in [2.24, 2.45) is 11.7 Å². The Morgan fingerprint density at radius 1 is 1.53 bits per heavy atom. The van der Waals surface area contributed by atoms with Gasteiger partial charge in [-0.1, -0.05) is 6.92 Å². The van der Waals surface area contributed by atoms with E-state index in [-0.39, 0.29) is 0 Å². The molecular weight excluding hydrogens is 228 g/mol. The van der Waals surface area contributed by atoms with Crippen LogP contribution in [0.4, 0.5) is 0 Å². The lowest BCUT2D eigenvalue weighted by Gasteiger charge is -2.36. The highest BCUT2D eigenvalue weighted by Gasteiger charge is 2.24. The van der Waals surface area contributed by atoms with Gasteiger partial charge in [0.15, 0.2) is 0 Å². The maximum atomic E-state index is 5.81. The summed E-state index contributed by atoms with van der Waals surface area (Å²) in [5.41, 5.74) is 5.81. The SMILES string of the molecule is CCc1ccc(C(C)N2CCCC(CN)C2)s1. The number of likely N-dealkylation sites (tertiary alicyclic amines) is 1. The molecular formula is C14H24N2S. The second-order valence-corrected chi connectivity index (χ2v) is 6.27. The Labute approximate surface area is 109 Å². The lowest BCUT2D eigenvalue weighted by atomic mass is 9.97. The predicted molar refractivity (Wildman–Crippen MR) is 75.5 cm³/mol. The highest BCUT2D eigenvalue weighted by atomic mass is 32.1. The van der Waals surface area contributed by atoms with Gasteiger partial charge in [0, 0.05) is 22.3 Å². The van der Waals surface area contributed by atoms with E-state index < -0.39 is 0 Å². The first-order valence-corrected chi connectivity index (χ1v) is 7.59. The summed E-state index contributed by atoms with van der Waals surface area (Å²) in [7, 11) is 0. The molecule has 0 spiro atoms. The Balaban J connectivity index is 2.00. The largest absolute Gasteiger partial charge is 0.330 e. The fraction of sp³-hybridized carbons (Fsp3) is 0.714. The first-order chi connectivity index (χ1) is 8.24. The van der Waals surface area contributed by atoms with Gasteiger partial charge in [0.2, 0.25) is 0 Å². The third-order valence-corrected chi connectivity index (χ3v) is 5.27. The van der Waals surface area contributed by atoms with Gasteiger partial charge in [-0.05, 0) is 57.3 Å². The highest BCUT2D eigenvalue weighted by Crippen LogP contribution is 2.30. The number of aryl methyl sites for hydroxylation is 1. The number of rotatable bonds is 4. The zero-order valence-electron chi connectivity index (χ0n) is 11.0. The van der Waals surface area contributed by atoms with Crippen LogP contribution in [0.1, 0.15) is 42.5 Å². The number of hydrogen-bond acceptors (Lipinski definition) is 3. The number of hydrogen-bond donors (Lipinski definition) is 1. The molecule has 1 aromatic heterocycles. The maximum Gasteiger partial charge on any atom is 0.0413 e. The monoisotopic (exact) mass is 252 g/mol. The van der Waals surface area contributed by atoms with Gasteiger partial charge < -0.3 is 5.73 Å². The molecule has 0 saturated carbocycles. The van der Waals surface area contributed by atoms with Gasteiger partial charge in [-0.25, -0.2) is 0 Å². The minimum Gasteiger partial charge on any atom is -0.330 e. The summed E-state index contributed by atoms with van der Waals surface area (Å²) in [6.07, 6.45) is 3.77. The number of nitrogens with zero attached hydrogens (tertiary/aromatic N) is 1. The van der Waals surface area contributed by atoms with Crippen LogP contribution < -0.4 is 5.73 Å². The highest BCUT2D eigenvalue weighted by molar-refractivity contribution is 7.12. The summed E-state index contributed by atoms with van der Waals surface area (Å²) in [6, 6.07) is 5.15. The third kappa shape index (κ3) is 3.09. The average molecular weight is 252 g/mol. The quantitative estimate of drug-likeness (QED) is 0.892. The second kappa shape index (κ2) is 5.98. The van der Waals surface area contributed by atoms with E-state index in [1.54, 1.807) is 0 Å². The first-order valence-electron chi connectivity index (χ1n) is 6.77. The van der Waals surface area contributed by atoms with Crippen LogP contribution in [0.25, 0.3) is 0 Å². The Kier molecular flexibility index (Phi) is 4.60. The molecule has 2 rings (SSSR count). The second-order valence-electron chi connectivity index (χ2n) is 5.07. The van der Waals surface area contributed by atoms with Gasteiger partial charge >= 0.3 is 0 Å². The summed E-state index contributed by atoms with van der Waals surface area (Å²) >= 11 is 1.97. The maximum absolute atomic E-state index is 5.81. The fourth-order valence-electron chi connectivity index (χ4n) is 2.63. The van der Waals surface area contributed by atoms with Gasteiger partial charge in [0.1, 0.15) is 0 Å². The summed E-state index contributed by atoms with van der Waals surface area (Å²) in [5.74, 6) is 0.705. The molecule has 0 amide bonds. The van der Waals surface area contributed by atoms with Gasteiger partial charge in [-0.3, -0.25) is 4.90 Å². The van der Waals surface area contributed by atoms with Gasteiger partial charge in [-0.2, -0.15) is 0 Å². The van der Waals surface area contributed by atoms with E-state index in [1.165, 1.54) is 35.7 Å². The van der Waals surface area contributed by atoms with Crippen molar-refractivity contribution < 1.29 is 0 Å². The van der Waals surface area contributed by atoms with E-state index in [9.17, 15) is 0 Å². The lowest BCUT2D eigenvalue weighted by Crippen LogP contribution is -2.39. The predicted octanol–water partition coefficient (Wildman–Crippen LogP) is 3.04. The molecule has 2 heterocycles. The normalized spacial score (nSPS) is 23.8. The van der Waals surface area contributed by atoms with Crippen LogP contribution in [0.3, 0.4) is 0 Å². The van der Waals surface area contributed by atoms with E-state index in [0.29, 0.717) is 12.0 Å². The summed E-state index contributed by atoms with van der Waals surface area (Å²) in [6.45, 7) is 7.82. The topological polar surface area (TPSA) is 29.3 Å². The zero-order valence-corrected chi connectivity index (χ0v) is 11.8. The molecule has 17 heavy (non-hydrogen) atoms. The molecule has 0 aromatic carbocycles.